The highest BCUT2D eigenvalue weighted by Gasteiger charge is 2.38. The zero-order valence-corrected chi connectivity index (χ0v) is 30.4. The van der Waals surface area contributed by atoms with Crippen molar-refractivity contribution < 1.29 is 33.5 Å². The average molecular weight is 694 g/mol. The smallest absolute Gasteiger partial charge is 0.244 e. The van der Waals surface area contributed by atoms with Crippen LogP contribution in [0.15, 0.2) is 0 Å². The van der Waals surface area contributed by atoms with E-state index in [1.807, 2.05) is 6.92 Å². The second kappa shape index (κ2) is 21.7. The van der Waals surface area contributed by atoms with Crippen molar-refractivity contribution in [3.05, 3.63) is 0 Å². The SMILES string of the molecule is CCCCCC[C@H]1OC[C@@H](C)NC(=O)C(CC(N)=O)NC(=O)C(CN)NC(=O)C(C2CCCCCC2)NC(=O)C(CCC)N(C)C(=O)[C@@H]1C. The molecular formula is C35H63N7O7. The molecule has 0 spiro atoms. The Morgan fingerprint density at radius 3 is 2.02 bits per heavy atom. The molecule has 0 radical (unpaired) electrons. The first-order chi connectivity index (χ1) is 23.3. The number of carbonyl (C=O) groups excluding carboxylic acids is 6. The van der Waals surface area contributed by atoms with Gasteiger partial charge in [-0.1, -0.05) is 78.6 Å². The van der Waals surface area contributed by atoms with E-state index in [1.54, 1.807) is 20.9 Å². The number of nitrogens with two attached hydrogens (primary N) is 2. The third-order valence-electron chi connectivity index (χ3n) is 9.78. The van der Waals surface area contributed by atoms with Crippen LogP contribution in [0.3, 0.4) is 0 Å². The molecule has 1 aliphatic heterocycles. The van der Waals surface area contributed by atoms with Gasteiger partial charge in [-0.3, -0.25) is 28.8 Å². The Morgan fingerprint density at radius 1 is 0.796 bits per heavy atom. The van der Waals surface area contributed by atoms with Crippen LogP contribution < -0.4 is 32.7 Å². The minimum absolute atomic E-state index is 0.0617. The molecule has 8 N–H and O–H groups in total. The minimum atomic E-state index is -1.33. The van der Waals surface area contributed by atoms with Crippen LogP contribution in [0, 0.1) is 11.8 Å². The highest BCUT2D eigenvalue weighted by Crippen LogP contribution is 2.27. The zero-order chi connectivity index (χ0) is 36.5. The van der Waals surface area contributed by atoms with E-state index >= 15 is 0 Å². The fraction of sp³-hybridized carbons (Fsp3) is 0.829. The maximum atomic E-state index is 14.0. The molecular weight excluding hydrogens is 630 g/mol. The van der Waals surface area contributed by atoms with Crippen molar-refractivity contribution in [1.82, 2.24) is 26.2 Å². The topological polar surface area (TPSA) is 215 Å². The molecule has 14 heteroatoms. The van der Waals surface area contributed by atoms with Crippen molar-refractivity contribution >= 4 is 35.4 Å². The first-order valence-corrected chi connectivity index (χ1v) is 18.4. The highest BCUT2D eigenvalue weighted by atomic mass is 16.5. The molecule has 1 saturated heterocycles. The number of amides is 6. The van der Waals surface area contributed by atoms with E-state index < -0.39 is 78.2 Å². The third kappa shape index (κ3) is 13.5. The Kier molecular flexibility index (Phi) is 18.6. The number of carbonyl (C=O) groups is 6. The van der Waals surface area contributed by atoms with Gasteiger partial charge in [-0.2, -0.15) is 0 Å². The van der Waals surface area contributed by atoms with Gasteiger partial charge in [0.05, 0.1) is 25.0 Å². The van der Waals surface area contributed by atoms with Crippen molar-refractivity contribution in [3.8, 4) is 0 Å². The predicted molar refractivity (Wildman–Crippen MR) is 187 cm³/mol. The fourth-order valence-corrected chi connectivity index (χ4v) is 6.78. The quantitative estimate of drug-likeness (QED) is 0.137. The van der Waals surface area contributed by atoms with Crippen LogP contribution in [0.2, 0.25) is 0 Å². The van der Waals surface area contributed by atoms with Gasteiger partial charge >= 0.3 is 0 Å². The second-order valence-corrected chi connectivity index (χ2v) is 13.9. The summed E-state index contributed by atoms with van der Waals surface area (Å²) in [6.07, 6.45) is 9.80. The van der Waals surface area contributed by atoms with Crippen LogP contribution in [0.1, 0.15) is 118 Å². The van der Waals surface area contributed by atoms with Gasteiger partial charge in [-0.15, -0.1) is 0 Å². The summed E-state index contributed by atoms with van der Waals surface area (Å²) in [6.45, 7) is 7.33. The molecule has 2 aliphatic rings. The van der Waals surface area contributed by atoms with Crippen molar-refractivity contribution in [2.24, 2.45) is 23.3 Å². The minimum Gasteiger partial charge on any atom is -0.375 e. The van der Waals surface area contributed by atoms with E-state index in [0.29, 0.717) is 32.1 Å². The van der Waals surface area contributed by atoms with Gasteiger partial charge in [0.25, 0.3) is 0 Å². The van der Waals surface area contributed by atoms with E-state index in [1.165, 1.54) is 4.90 Å². The lowest BCUT2D eigenvalue weighted by Crippen LogP contribution is -2.61. The number of nitrogens with zero attached hydrogens (tertiary/aromatic N) is 1. The third-order valence-corrected chi connectivity index (χ3v) is 9.78. The van der Waals surface area contributed by atoms with Gasteiger partial charge in [-0.05, 0) is 38.5 Å². The van der Waals surface area contributed by atoms with Crippen LogP contribution in [0.5, 0.6) is 0 Å². The molecule has 1 aliphatic carbocycles. The molecule has 2 rings (SSSR count). The molecule has 7 atom stereocenters. The van der Waals surface area contributed by atoms with E-state index in [0.717, 1.165) is 51.4 Å². The molecule has 49 heavy (non-hydrogen) atoms. The maximum absolute atomic E-state index is 14.0. The van der Waals surface area contributed by atoms with Crippen molar-refractivity contribution in [1.29, 1.82) is 0 Å². The van der Waals surface area contributed by atoms with E-state index in [2.05, 4.69) is 28.2 Å². The molecule has 0 aromatic rings. The molecule has 14 nitrogen and oxygen atoms in total. The number of rotatable bonds is 11. The highest BCUT2D eigenvalue weighted by molar-refractivity contribution is 5.97. The van der Waals surface area contributed by atoms with Crippen LogP contribution >= 0.6 is 0 Å². The zero-order valence-electron chi connectivity index (χ0n) is 30.4. The van der Waals surface area contributed by atoms with Crippen molar-refractivity contribution in [3.63, 3.8) is 0 Å². The number of unbranched alkanes of at least 4 members (excludes halogenated alkanes) is 3. The van der Waals surface area contributed by atoms with Gasteiger partial charge < -0.3 is 42.4 Å². The van der Waals surface area contributed by atoms with Gasteiger partial charge in [0.1, 0.15) is 24.2 Å². The van der Waals surface area contributed by atoms with Crippen LogP contribution in [0.4, 0.5) is 0 Å². The Bertz CT molecular complexity index is 1100. The lowest BCUT2D eigenvalue weighted by atomic mass is 9.90. The molecule has 0 aromatic carbocycles. The molecule has 1 saturated carbocycles. The van der Waals surface area contributed by atoms with Crippen LogP contribution in [-0.2, 0) is 33.5 Å². The molecule has 0 aromatic heterocycles. The summed E-state index contributed by atoms with van der Waals surface area (Å²) in [5, 5.41) is 11.0. The molecule has 1 heterocycles. The number of nitrogens with one attached hydrogen (secondary N) is 4. The normalized spacial score (nSPS) is 29.4. The molecule has 4 unspecified atom stereocenters. The molecule has 280 valence electrons. The van der Waals surface area contributed by atoms with Crippen LogP contribution in [-0.4, -0.2) is 96.9 Å². The molecule has 6 amide bonds. The van der Waals surface area contributed by atoms with Gasteiger partial charge in [-0.25, -0.2) is 0 Å². The van der Waals surface area contributed by atoms with E-state index in [4.69, 9.17) is 16.2 Å². The number of ether oxygens (including phenoxy) is 1. The molecule has 0 bridgehead atoms. The maximum Gasteiger partial charge on any atom is 0.244 e. The summed E-state index contributed by atoms with van der Waals surface area (Å²) in [5.74, 6) is -4.29. The monoisotopic (exact) mass is 693 g/mol. The summed E-state index contributed by atoms with van der Waals surface area (Å²) < 4.78 is 6.28. The second-order valence-electron chi connectivity index (χ2n) is 13.9. The van der Waals surface area contributed by atoms with Crippen molar-refractivity contribution in [2.45, 2.75) is 154 Å². The number of primary amides is 1. The average Bonchev–Trinajstić information content (AvgIpc) is 3.35. The van der Waals surface area contributed by atoms with Gasteiger partial charge in [0.2, 0.25) is 35.4 Å². The first-order valence-electron chi connectivity index (χ1n) is 18.4. The number of hydrogen-bond acceptors (Lipinski definition) is 8. The Balaban J connectivity index is 2.55. The standard InChI is InChI=1S/C35H63N7O7/c1-6-8-9-14-18-28-23(4)35(48)42(5)27(15-7-2)33(46)41-30(24-16-12-10-11-13-17-24)34(47)40-26(20-36)32(45)39-25(19-29(37)43)31(44)38-22(3)21-49-28/h22-28,30H,6-21,36H2,1-5H3,(H2,37,43)(H,38,44)(H,39,45)(H,40,47)(H,41,46)/t22-,23-,25?,26?,27?,28-,30?/m1/s1. The predicted octanol–water partition coefficient (Wildman–Crippen LogP) is 1.38. The Labute approximate surface area is 292 Å². The Morgan fingerprint density at radius 2 is 1.43 bits per heavy atom. The lowest BCUT2D eigenvalue weighted by molar-refractivity contribution is -0.147. The lowest BCUT2D eigenvalue weighted by Gasteiger charge is -2.34. The van der Waals surface area contributed by atoms with Crippen molar-refractivity contribution in [2.75, 3.05) is 20.2 Å². The van der Waals surface area contributed by atoms with Crippen LogP contribution in [0.25, 0.3) is 0 Å². The summed E-state index contributed by atoms with van der Waals surface area (Å²) in [5.41, 5.74) is 11.4. The number of likely N-dealkylation sites (N-methyl/N-ethyl adjacent to an activating group) is 1. The summed E-state index contributed by atoms with van der Waals surface area (Å²) in [6, 6.07) is -4.94. The van der Waals surface area contributed by atoms with Gasteiger partial charge in [0, 0.05) is 19.6 Å². The first kappa shape index (κ1) is 41.9. The fourth-order valence-electron chi connectivity index (χ4n) is 6.78. The van der Waals surface area contributed by atoms with E-state index in [9.17, 15) is 28.8 Å². The summed E-state index contributed by atoms with van der Waals surface area (Å²) in [7, 11) is 1.62. The number of hydrogen-bond donors (Lipinski definition) is 6. The Hall–Kier alpha value is -3.26. The van der Waals surface area contributed by atoms with Gasteiger partial charge in [0.15, 0.2) is 0 Å². The largest absolute Gasteiger partial charge is 0.375 e. The van der Waals surface area contributed by atoms with E-state index in [-0.39, 0.29) is 25.0 Å². The molecule has 2 fully saturated rings. The summed E-state index contributed by atoms with van der Waals surface area (Å²) >= 11 is 0. The summed E-state index contributed by atoms with van der Waals surface area (Å²) in [4.78, 5) is 82.1.